The van der Waals surface area contributed by atoms with Crippen molar-refractivity contribution >= 4 is 6.03 Å². The summed E-state index contributed by atoms with van der Waals surface area (Å²) in [5.74, 6) is 0. The van der Waals surface area contributed by atoms with E-state index in [0.29, 0.717) is 6.04 Å². The number of rotatable bonds is 8. The lowest BCUT2D eigenvalue weighted by molar-refractivity contribution is 0.0587. The number of hydrogen-bond acceptors (Lipinski definition) is 4. The Morgan fingerprint density at radius 3 is 2.38 bits per heavy atom. The smallest absolute Gasteiger partial charge is 0.317 e. The quantitative estimate of drug-likeness (QED) is 0.655. The molecule has 2 N–H and O–H groups in total. The largest absolute Gasteiger partial charge is 0.395 e. The second-order valence-corrected chi connectivity index (χ2v) is 7.11. The molecule has 0 bridgehead atoms. The third kappa shape index (κ3) is 6.22. The summed E-state index contributed by atoms with van der Waals surface area (Å²) in [6.45, 7) is 10.1. The molecule has 24 heavy (non-hydrogen) atoms. The molecular formula is C18H36N4O2. The number of carbonyl (C=O) groups excluding carboxylic acids is 1. The fourth-order valence-corrected chi connectivity index (χ4v) is 3.79. The molecule has 0 saturated carbocycles. The topological polar surface area (TPSA) is 59.1 Å². The van der Waals surface area contributed by atoms with Crippen molar-refractivity contribution in [2.45, 2.75) is 51.5 Å². The van der Waals surface area contributed by atoms with Crippen LogP contribution in [0.4, 0.5) is 4.79 Å². The Labute approximate surface area is 147 Å². The van der Waals surface area contributed by atoms with Crippen LogP contribution in [0.25, 0.3) is 0 Å². The van der Waals surface area contributed by atoms with Crippen molar-refractivity contribution in [1.82, 2.24) is 20.0 Å². The van der Waals surface area contributed by atoms with Gasteiger partial charge in [-0.15, -0.1) is 0 Å². The minimum absolute atomic E-state index is 0.123. The summed E-state index contributed by atoms with van der Waals surface area (Å²) in [7, 11) is 0. The number of likely N-dealkylation sites (tertiary alicyclic amines) is 1. The van der Waals surface area contributed by atoms with Gasteiger partial charge in [-0.1, -0.05) is 26.2 Å². The number of piperazine rings is 1. The van der Waals surface area contributed by atoms with E-state index in [2.05, 4.69) is 22.0 Å². The monoisotopic (exact) mass is 340 g/mol. The third-order valence-electron chi connectivity index (χ3n) is 5.40. The lowest BCUT2D eigenvalue weighted by atomic mass is 10.0. The molecule has 0 unspecified atom stereocenters. The fraction of sp³-hybridized carbons (Fsp3) is 0.944. The Kier molecular flexibility index (Phi) is 8.84. The maximum Gasteiger partial charge on any atom is 0.317 e. The summed E-state index contributed by atoms with van der Waals surface area (Å²) in [5, 5.41) is 12.1. The standard InChI is InChI=1S/C18H36N4O2/c1-2-3-4-5-8-19-18(24)22-9-6-17(7-10-22)21-13-11-20(12-14-21)15-16-23/h17,23H,2-16H2,1H3,(H,19,24). The van der Waals surface area contributed by atoms with E-state index in [1.807, 2.05) is 4.90 Å². The van der Waals surface area contributed by atoms with Gasteiger partial charge in [-0.2, -0.15) is 0 Å². The zero-order valence-electron chi connectivity index (χ0n) is 15.4. The van der Waals surface area contributed by atoms with Gasteiger partial charge >= 0.3 is 6.03 Å². The zero-order chi connectivity index (χ0) is 17.2. The molecular weight excluding hydrogens is 304 g/mol. The van der Waals surface area contributed by atoms with E-state index in [1.165, 1.54) is 19.3 Å². The summed E-state index contributed by atoms with van der Waals surface area (Å²) >= 11 is 0. The number of aliphatic hydroxyl groups excluding tert-OH is 1. The van der Waals surface area contributed by atoms with Gasteiger partial charge in [0.15, 0.2) is 0 Å². The van der Waals surface area contributed by atoms with E-state index in [1.54, 1.807) is 0 Å². The average Bonchev–Trinajstić information content (AvgIpc) is 2.62. The van der Waals surface area contributed by atoms with E-state index in [9.17, 15) is 4.79 Å². The molecule has 0 aromatic heterocycles. The molecule has 0 aliphatic carbocycles. The number of aliphatic hydroxyl groups is 1. The minimum atomic E-state index is 0.123. The molecule has 0 aromatic rings. The van der Waals surface area contributed by atoms with Crippen molar-refractivity contribution in [3.8, 4) is 0 Å². The van der Waals surface area contributed by atoms with Crippen LogP contribution >= 0.6 is 0 Å². The highest BCUT2D eigenvalue weighted by atomic mass is 16.3. The Morgan fingerprint density at radius 2 is 1.75 bits per heavy atom. The molecule has 2 rings (SSSR count). The number of amides is 2. The maximum atomic E-state index is 12.2. The first kappa shape index (κ1) is 19.5. The number of unbranched alkanes of at least 4 members (excludes halogenated alkanes) is 3. The second kappa shape index (κ2) is 10.9. The molecule has 2 aliphatic rings. The van der Waals surface area contributed by atoms with Crippen LogP contribution in [0.3, 0.4) is 0 Å². The van der Waals surface area contributed by atoms with E-state index in [0.717, 1.165) is 71.6 Å². The van der Waals surface area contributed by atoms with Gasteiger partial charge < -0.3 is 15.3 Å². The molecule has 0 spiro atoms. The van der Waals surface area contributed by atoms with Crippen molar-refractivity contribution in [3.63, 3.8) is 0 Å². The average molecular weight is 341 g/mol. The third-order valence-corrected chi connectivity index (χ3v) is 5.40. The lowest BCUT2D eigenvalue weighted by Crippen LogP contribution is -2.54. The predicted octanol–water partition coefficient (Wildman–Crippen LogP) is 1.35. The molecule has 2 heterocycles. The zero-order valence-corrected chi connectivity index (χ0v) is 15.4. The van der Waals surface area contributed by atoms with E-state index >= 15 is 0 Å². The Hall–Kier alpha value is -0.850. The van der Waals surface area contributed by atoms with Crippen molar-refractivity contribution in [2.75, 3.05) is 59.0 Å². The van der Waals surface area contributed by atoms with Crippen LogP contribution in [0.15, 0.2) is 0 Å². The van der Waals surface area contributed by atoms with Gasteiger partial charge in [0.05, 0.1) is 6.61 Å². The molecule has 6 heteroatoms. The van der Waals surface area contributed by atoms with Crippen LogP contribution in [0, 0.1) is 0 Å². The normalized spacial score (nSPS) is 21.2. The molecule has 2 amide bonds. The summed E-state index contributed by atoms with van der Waals surface area (Å²) in [6.07, 6.45) is 6.96. The number of β-amino-alcohol motifs (C(OH)–C–C–N with tert-alkyl or cyclic N) is 1. The van der Waals surface area contributed by atoms with Crippen LogP contribution < -0.4 is 5.32 Å². The number of carbonyl (C=O) groups is 1. The molecule has 0 radical (unpaired) electrons. The summed E-state index contributed by atoms with van der Waals surface area (Å²) in [5.41, 5.74) is 0. The highest BCUT2D eigenvalue weighted by Gasteiger charge is 2.28. The van der Waals surface area contributed by atoms with Crippen LogP contribution in [-0.2, 0) is 0 Å². The van der Waals surface area contributed by atoms with Gasteiger partial charge in [0.1, 0.15) is 0 Å². The number of nitrogens with zero attached hydrogens (tertiary/aromatic N) is 3. The number of urea groups is 1. The first-order valence-corrected chi connectivity index (χ1v) is 9.84. The molecule has 140 valence electrons. The first-order chi connectivity index (χ1) is 11.7. The van der Waals surface area contributed by atoms with E-state index in [4.69, 9.17) is 5.11 Å². The number of piperidine rings is 1. The SMILES string of the molecule is CCCCCCNC(=O)N1CCC(N2CCN(CCO)CC2)CC1. The van der Waals surface area contributed by atoms with E-state index in [-0.39, 0.29) is 12.6 Å². The Bertz CT molecular complexity index is 351. The van der Waals surface area contributed by atoms with Gasteiger partial charge in [-0.3, -0.25) is 9.80 Å². The predicted molar refractivity (Wildman–Crippen MR) is 97.2 cm³/mol. The van der Waals surface area contributed by atoms with Gasteiger partial charge in [0.25, 0.3) is 0 Å². The van der Waals surface area contributed by atoms with Crippen LogP contribution in [0.5, 0.6) is 0 Å². The Morgan fingerprint density at radius 1 is 1.04 bits per heavy atom. The Balaban J connectivity index is 1.60. The van der Waals surface area contributed by atoms with Crippen molar-refractivity contribution in [1.29, 1.82) is 0 Å². The lowest BCUT2D eigenvalue weighted by Gasteiger charge is -2.42. The highest BCUT2D eigenvalue weighted by Crippen LogP contribution is 2.18. The van der Waals surface area contributed by atoms with Crippen molar-refractivity contribution in [2.24, 2.45) is 0 Å². The maximum absolute atomic E-state index is 12.2. The first-order valence-electron chi connectivity index (χ1n) is 9.84. The highest BCUT2D eigenvalue weighted by molar-refractivity contribution is 5.74. The summed E-state index contributed by atoms with van der Waals surface area (Å²) in [4.78, 5) is 19.1. The second-order valence-electron chi connectivity index (χ2n) is 7.11. The molecule has 6 nitrogen and oxygen atoms in total. The van der Waals surface area contributed by atoms with Gasteiger partial charge in [0.2, 0.25) is 0 Å². The van der Waals surface area contributed by atoms with Crippen molar-refractivity contribution < 1.29 is 9.90 Å². The van der Waals surface area contributed by atoms with Gasteiger partial charge in [-0.25, -0.2) is 4.79 Å². The number of hydrogen-bond donors (Lipinski definition) is 2. The summed E-state index contributed by atoms with van der Waals surface area (Å²) in [6, 6.07) is 0.743. The van der Waals surface area contributed by atoms with Gasteiger partial charge in [0, 0.05) is 58.4 Å². The number of nitrogens with one attached hydrogen (secondary N) is 1. The van der Waals surface area contributed by atoms with Crippen LogP contribution in [0.1, 0.15) is 45.4 Å². The molecule has 0 aromatic carbocycles. The summed E-state index contributed by atoms with van der Waals surface area (Å²) < 4.78 is 0. The van der Waals surface area contributed by atoms with E-state index < -0.39 is 0 Å². The minimum Gasteiger partial charge on any atom is -0.395 e. The van der Waals surface area contributed by atoms with Crippen LogP contribution in [0.2, 0.25) is 0 Å². The molecule has 2 saturated heterocycles. The fourth-order valence-electron chi connectivity index (χ4n) is 3.79. The molecule has 2 aliphatic heterocycles. The molecule has 2 fully saturated rings. The van der Waals surface area contributed by atoms with Crippen molar-refractivity contribution in [3.05, 3.63) is 0 Å². The van der Waals surface area contributed by atoms with Gasteiger partial charge in [-0.05, 0) is 19.3 Å². The molecule has 0 atom stereocenters. The van der Waals surface area contributed by atoms with Crippen LogP contribution in [-0.4, -0.2) is 90.8 Å².